The van der Waals surface area contributed by atoms with Crippen LogP contribution in [0.5, 0.6) is 11.5 Å². The van der Waals surface area contributed by atoms with E-state index < -0.39 is 0 Å². The molecule has 0 unspecified atom stereocenters. The summed E-state index contributed by atoms with van der Waals surface area (Å²) in [4.78, 5) is 23.9. The highest BCUT2D eigenvalue weighted by Gasteiger charge is 2.12. The first-order valence-electron chi connectivity index (χ1n) is 9.19. The average molecular weight is 425 g/mol. The number of carbonyl (C=O) groups is 2. The predicted octanol–water partition coefficient (Wildman–Crippen LogP) is 5.14. The van der Waals surface area contributed by atoms with E-state index in [9.17, 15) is 9.59 Å². The Bertz CT molecular complexity index is 1050. The third-order valence-electron chi connectivity index (χ3n) is 4.19. The lowest BCUT2D eigenvalue weighted by atomic mass is 10.1. The van der Waals surface area contributed by atoms with Gasteiger partial charge in [-0.15, -0.1) is 0 Å². The molecule has 0 spiro atoms. The van der Waals surface area contributed by atoms with Crippen molar-refractivity contribution in [3.63, 3.8) is 0 Å². The van der Waals surface area contributed by atoms with Gasteiger partial charge in [0, 0.05) is 34.4 Å². The molecule has 2 amide bonds. The van der Waals surface area contributed by atoms with Crippen molar-refractivity contribution in [3.05, 3.63) is 82.9 Å². The second-order valence-corrected chi connectivity index (χ2v) is 6.92. The van der Waals surface area contributed by atoms with Crippen LogP contribution in [0, 0.1) is 0 Å². The largest absolute Gasteiger partial charge is 0.496 e. The van der Waals surface area contributed by atoms with E-state index in [0.717, 1.165) is 5.56 Å². The molecule has 3 rings (SSSR count). The monoisotopic (exact) mass is 424 g/mol. The standard InChI is InChI=1S/C23H21ClN2O4/c1-15(27)25-19-4-3-5-20(13-19)26-23(28)16-6-11-22(29-2)17(12-16)14-30-21-9-7-18(24)8-10-21/h3-13H,14H2,1-2H3,(H,25,27)(H,26,28). The second-order valence-electron chi connectivity index (χ2n) is 6.49. The average Bonchev–Trinajstić information content (AvgIpc) is 2.73. The Morgan fingerprint density at radius 1 is 0.933 bits per heavy atom. The van der Waals surface area contributed by atoms with E-state index >= 15 is 0 Å². The molecule has 3 aromatic rings. The van der Waals surface area contributed by atoms with Crippen molar-refractivity contribution in [3.8, 4) is 11.5 Å². The van der Waals surface area contributed by atoms with Crippen LogP contribution in [-0.2, 0) is 11.4 Å². The van der Waals surface area contributed by atoms with Crippen molar-refractivity contribution in [1.82, 2.24) is 0 Å². The summed E-state index contributed by atoms with van der Waals surface area (Å²) in [6, 6.07) is 19.1. The van der Waals surface area contributed by atoms with Gasteiger partial charge >= 0.3 is 0 Å². The zero-order valence-electron chi connectivity index (χ0n) is 16.6. The Balaban J connectivity index is 1.74. The first kappa shape index (κ1) is 21.2. The van der Waals surface area contributed by atoms with E-state index in [1.807, 2.05) is 0 Å². The molecule has 2 N–H and O–H groups in total. The molecule has 0 aliphatic carbocycles. The molecule has 154 valence electrons. The van der Waals surface area contributed by atoms with Crippen molar-refractivity contribution in [1.29, 1.82) is 0 Å². The summed E-state index contributed by atoms with van der Waals surface area (Å²) in [5.41, 5.74) is 2.36. The van der Waals surface area contributed by atoms with E-state index in [1.165, 1.54) is 6.92 Å². The van der Waals surface area contributed by atoms with Crippen molar-refractivity contribution >= 4 is 34.8 Å². The first-order chi connectivity index (χ1) is 14.4. The fourth-order valence-electron chi connectivity index (χ4n) is 2.81. The molecule has 0 fully saturated rings. The highest BCUT2D eigenvalue weighted by Crippen LogP contribution is 2.24. The summed E-state index contributed by atoms with van der Waals surface area (Å²) in [6.07, 6.45) is 0. The van der Waals surface area contributed by atoms with Crippen molar-refractivity contribution in [2.45, 2.75) is 13.5 Å². The van der Waals surface area contributed by atoms with Gasteiger partial charge in [-0.05, 0) is 60.7 Å². The molecule has 0 aliphatic heterocycles. The number of hydrogen-bond acceptors (Lipinski definition) is 4. The quantitative estimate of drug-likeness (QED) is 0.550. The Hall–Kier alpha value is -3.51. The molecule has 0 heterocycles. The highest BCUT2D eigenvalue weighted by molar-refractivity contribution is 6.30. The minimum atomic E-state index is -0.287. The van der Waals surface area contributed by atoms with Crippen LogP contribution in [0.15, 0.2) is 66.7 Å². The van der Waals surface area contributed by atoms with Crippen LogP contribution in [0.25, 0.3) is 0 Å². The number of ether oxygens (including phenoxy) is 2. The van der Waals surface area contributed by atoms with Crippen molar-refractivity contribution < 1.29 is 19.1 Å². The molecule has 0 aromatic heterocycles. The van der Waals surface area contributed by atoms with Crippen molar-refractivity contribution in [2.75, 3.05) is 17.7 Å². The number of anilines is 2. The zero-order chi connectivity index (χ0) is 21.5. The van der Waals surface area contributed by atoms with Gasteiger partial charge < -0.3 is 20.1 Å². The number of rotatable bonds is 7. The number of nitrogens with one attached hydrogen (secondary N) is 2. The summed E-state index contributed by atoms with van der Waals surface area (Å²) < 4.78 is 11.2. The highest BCUT2D eigenvalue weighted by atomic mass is 35.5. The third-order valence-corrected chi connectivity index (χ3v) is 4.44. The maximum absolute atomic E-state index is 12.7. The summed E-state index contributed by atoms with van der Waals surface area (Å²) in [6.45, 7) is 1.65. The summed E-state index contributed by atoms with van der Waals surface area (Å²) in [5, 5.41) is 6.14. The normalized spacial score (nSPS) is 10.2. The Labute approximate surface area is 179 Å². The molecule has 0 saturated carbocycles. The maximum Gasteiger partial charge on any atom is 0.255 e. The van der Waals surface area contributed by atoms with E-state index in [0.29, 0.717) is 33.5 Å². The lowest BCUT2D eigenvalue weighted by Gasteiger charge is -2.13. The van der Waals surface area contributed by atoms with Gasteiger partial charge in [0.25, 0.3) is 5.91 Å². The van der Waals surface area contributed by atoms with Gasteiger partial charge in [-0.3, -0.25) is 9.59 Å². The van der Waals surface area contributed by atoms with Gasteiger partial charge in [-0.2, -0.15) is 0 Å². The number of carbonyl (C=O) groups excluding carboxylic acids is 2. The predicted molar refractivity (Wildman–Crippen MR) is 117 cm³/mol. The van der Waals surface area contributed by atoms with Gasteiger partial charge in [0.2, 0.25) is 5.91 Å². The Morgan fingerprint density at radius 3 is 2.30 bits per heavy atom. The Morgan fingerprint density at radius 2 is 1.63 bits per heavy atom. The van der Waals surface area contributed by atoms with Crippen LogP contribution < -0.4 is 20.1 Å². The number of methoxy groups -OCH3 is 1. The molecule has 30 heavy (non-hydrogen) atoms. The van der Waals surface area contributed by atoms with E-state index in [2.05, 4.69) is 10.6 Å². The Kier molecular flexibility index (Phi) is 6.93. The van der Waals surface area contributed by atoms with Gasteiger partial charge in [0.1, 0.15) is 18.1 Å². The SMILES string of the molecule is COc1ccc(C(=O)Nc2cccc(NC(C)=O)c2)cc1COc1ccc(Cl)cc1. The van der Waals surface area contributed by atoms with Gasteiger partial charge in [-0.1, -0.05) is 17.7 Å². The fraction of sp³-hybridized carbons (Fsp3) is 0.130. The van der Waals surface area contributed by atoms with E-state index in [4.69, 9.17) is 21.1 Å². The first-order valence-corrected chi connectivity index (χ1v) is 9.56. The molecule has 3 aromatic carbocycles. The summed E-state index contributed by atoms with van der Waals surface area (Å²) in [7, 11) is 1.56. The third kappa shape index (κ3) is 5.75. The number of halogens is 1. The van der Waals surface area contributed by atoms with Crippen LogP contribution in [-0.4, -0.2) is 18.9 Å². The fourth-order valence-corrected chi connectivity index (χ4v) is 2.93. The topological polar surface area (TPSA) is 76.7 Å². The van der Waals surface area contributed by atoms with Crippen LogP contribution in [0.4, 0.5) is 11.4 Å². The summed E-state index contributed by atoms with van der Waals surface area (Å²) in [5.74, 6) is 0.809. The van der Waals surface area contributed by atoms with E-state index in [-0.39, 0.29) is 18.4 Å². The molecular formula is C23H21ClN2O4. The molecule has 7 heteroatoms. The second kappa shape index (κ2) is 9.80. The molecule has 0 bridgehead atoms. The van der Waals surface area contributed by atoms with Crippen LogP contribution in [0.1, 0.15) is 22.8 Å². The van der Waals surface area contributed by atoms with Crippen molar-refractivity contribution in [2.24, 2.45) is 0 Å². The van der Waals surface area contributed by atoms with Crippen LogP contribution in [0.2, 0.25) is 5.02 Å². The van der Waals surface area contributed by atoms with Gasteiger partial charge in [0.15, 0.2) is 0 Å². The number of benzene rings is 3. The molecular weight excluding hydrogens is 404 g/mol. The molecule has 0 atom stereocenters. The number of hydrogen-bond donors (Lipinski definition) is 2. The van der Waals surface area contributed by atoms with Gasteiger partial charge in [0.05, 0.1) is 7.11 Å². The zero-order valence-corrected chi connectivity index (χ0v) is 17.3. The molecule has 0 radical (unpaired) electrons. The summed E-state index contributed by atoms with van der Waals surface area (Å²) >= 11 is 5.89. The maximum atomic E-state index is 12.7. The lowest BCUT2D eigenvalue weighted by Crippen LogP contribution is -2.13. The lowest BCUT2D eigenvalue weighted by molar-refractivity contribution is -0.114. The van der Waals surface area contributed by atoms with Gasteiger partial charge in [-0.25, -0.2) is 0 Å². The molecule has 6 nitrogen and oxygen atoms in total. The minimum Gasteiger partial charge on any atom is -0.496 e. The smallest absolute Gasteiger partial charge is 0.255 e. The van der Waals surface area contributed by atoms with Crippen LogP contribution in [0.3, 0.4) is 0 Å². The van der Waals surface area contributed by atoms with Crippen LogP contribution >= 0.6 is 11.6 Å². The minimum absolute atomic E-state index is 0.182. The van der Waals surface area contributed by atoms with E-state index in [1.54, 1.807) is 73.8 Å². The number of amides is 2. The molecule has 0 saturated heterocycles. The molecule has 0 aliphatic rings.